The Morgan fingerprint density at radius 3 is 0.600 bits per heavy atom. The standard InChI is InChI=1S/C10F18N2/c11-1(29-7(21,22)3(13,14)4(15,16)8(29,23)24)2(12)30-9(25,26)5(17,18)6(19,20)10(30,27)28/b2-1+. The molecule has 2 saturated heterocycles. The molecule has 0 bridgehead atoms. The van der Waals surface area contributed by atoms with Gasteiger partial charge in [-0.05, 0) is 0 Å². The van der Waals surface area contributed by atoms with E-state index in [9.17, 15) is 79.0 Å². The Balaban J connectivity index is 2.81. The molecule has 0 spiro atoms. The number of hydrogen-bond acceptors (Lipinski definition) is 2. The molecule has 2 aliphatic rings. The maximum Gasteiger partial charge on any atom is 0.401 e. The molecule has 0 amide bonds. The van der Waals surface area contributed by atoms with Crippen molar-refractivity contribution in [3.05, 3.63) is 11.9 Å². The van der Waals surface area contributed by atoms with Crippen LogP contribution in [-0.2, 0) is 0 Å². The van der Waals surface area contributed by atoms with Gasteiger partial charge in [0, 0.05) is 0 Å². The van der Waals surface area contributed by atoms with Crippen LogP contribution in [0.15, 0.2) is 11.9 Å². The zero-order valence-corrected chi connectivity index (χ0v) is 12.7. The molecule has 0 saturated carbocycles. The van der Waals surface area contributed by atoms with E-state index in [1.165, 1.54) is 0 Å². The zero-order chi connectivity index (χ0) is 24.3. The summed E-state index contributed by atoms with van der Waals surface area (Å²) in [5, 5.41) is 0. The molecular weight excluding hydrogens is 490 g/mol. The highest BCUT2D eigenvalue weighted by atomic mass is 19.4. The molecule has 0 aromatic carbocycles. The zero-order valence-electron chi connectivity index (χ0n) is 12.7. The van der Waals surface area contributed by atoms with Crippen LogP contribution < -0.4 is 0 Å². The minimum Gasteiger partial charge on any atom is -0.213 e. The first-order valence-corrected chi connectivity index (χ1v) is 6.49. The van der Waals surface area contributed by atoms with E-state index in [-0.39, 0.29) is 0 Å². The minimum absolute atomic E-state index is 3.60. The van der Waals surface area contributed by atoms with Crippen LogP contribution in [0.5, 0.6) is 0 Å². The van der Waals surface area contributed by atoms with Crippen molar-refractivity contribution in [3.63, 3.8) is 0 Å². The van der Waals surface area contributed by atoms with Gasteiger partial charge in [0.05, 0.1) is 0 Å². The molecular formula is C10F18N2. The third kappa shape index (κ3) is 2.11. The highest BCUT2D eigenvalue weighted by Crippen LogP contribution is 2.67. The molecule has 0 unspecified atom stereocenters. The molecule has 0 aliphatic carbocycles. The van der Waals surface area contributed by atoms with Crippen molar-refractivity contribution in [2.75, 3.05) is 0 Å². The lowest BCUT2D eigenvalue weighted by molar-refractivity contribution is -0.303. The predicted molar refractivity (Wildman–Crippen MR) is 52.5 cm³/mol. The van der Waals surface area contributed by atoms with E-state index < -0.39 is 69.6 Å². The Kier molecular flexibility index (Phi) is 4.43. The predicted octanol–water partition coefficient (Wildman–Crippen LogP) is 5.60. The average Bonchev–Trinajstić information content (AvgIpc) is 2.63. The Morgan fingerprint density at radius 1 is 0.333 bits per heavy atom. The topological polar surface area (TPSA) is 6.48 Å². The van der Waals surface area contributed by atoms with Gasteiger partial charge in [0.1, 0.15) is 0 Å². The summed E-state index contributed by atoms with van der Waals surface area (Å²) in [5.74, 6) is -39.0. The number of likely N-dealkylation sites (tertiary alicyclic amines) is 2. The Hall–Kier alpha value is -1.92. The lowest BCUT2D eigenvalue weighted by Crippen LogP contribution is -2.52. The monoisotopic (exact) mass is 490 g/mol. The molecule has 0 radical (unpaired) electrons. The summed E-state index contributed by atoms with van der Waals surface area (Å²) in [4.78, 5) is -7.20. The van der Waals surface area contributed by atoms with E-state index in [4.69, 9.17) is 0 Å². The molecule has 2 heterocycles. The smallest absolute Gasteiger partial charge is 0.213 e. The van der Waals surface area contributed by atoms with Crippen molar-refractivity contribution in [2.24, 2.45) is 0 Å². The van der Waals surface area contributed by atoms with Gasteiger partial charge in [-0.15, -0.1) is 0 Å². The van der Waals surface area contributed by atoms with Gasteiger partial charge in [0.25, 0.3) is 11.9 Å². The van der Waals surface area contributed by atoms with Crippen LogP contribution in [0.2, 0.25) is 0 Å². The Morgan fingerprint density at radius 2 is 0.467 bits per heavy atom. The normalized spacial score (nSPS) is 32.2. The van der Waals surface area contributed by atoms with Gasteiger partial charge in [-0.3, -0.25) is 0 Å². The van der Waals surface area contributed by atoms with Gasteiger partial charge in [-0.2, -0.15) is 79.0 Å². The maximum absolute atomic E-state index is 13.6. The van der Waals surface area contributed by atoms with E-state index in [2.05, 4.69) is 0 Å². The van der Waals surface area contributed by atoms with Gasteiger partial charge >= 0.3 is 47.9 Å². The van der Waals surface area contributed by atoms with Crippen molar-refractivity contribution >= 4 is 0 Å². The first-order chi connectivity index (χ1) is 12.8. The molecule has 0 atom stereocenters. The highest BCUT2D eigenvalue weighted by Gasteiger charge is 2.96. The molecule has 2 fully saturated rings. The molecule has 2 rings (SSSR count). The third-order valence-corrected chi connectivity index (χ3v) is 3.99. The molecule has 0 aromatic rings. The van der Waals surface area contributed by atoms with E-state index in [1.54, 1.807) is 0 Å². The second-order valence-electron chi connectivity index (χ2n) is 5.71. The van der Waals surface area contributed by atoms with E-state index in [0.29, 0.717) is 0 Å². The first-order valence-electron chi connectivity index (χ1n) is 6.49. The van der Waals surface area contributed by atoms with Crippen molar-refractivity contribution in [3.8, 4) is 0 Å². The third-order valence-electron chi connectivity index (χ3n) is 3.99. The lowest BCUT2D eigenvalue weighted by Gasteiger charge is -2.32. The second kappa shape index (κ2) is 5.46. The first kappa shape index (κ1) is 24.4. The molecule has 20 heteroatoms. The van der Waals surface area contributed by atoms with Gasteiger partial charge in [-0.1, -0.05) is 0 Å². The van der Waals surface area contributed by atoms with Crippen LogP contribution in [0.4, 0.5) is 79.0 Å². The van der Waals surface area contributed by atoms with E-state index in [0.717, 1.165) is 0 Å². The molecule has 0 N–H and O–H groups in total. The average molecular weight is 490 g/mol. The van der Waals surface area contributed by atoms with Gasteiger partial charge in [0.2, 0.25) is 0 Å². The fourth-order valence-electron chi connectivity index (χ4n) is 2.35. The fraction of sp³-hybridized carbons (Fsp3) is 0.800. The summed E-state index contributed by atoms with van der Waals surface area (Å²) >= 11 is 0. The van der Waals surface area contributed by atoms with Gasteiger partial charge < -0.3 is 0 Å². The molecule has 176 valence electrons. The molecule has 30 heavy (non-hydrogen) atoms. The van der Waals surface area contributed by atoms with Crippen LogP contribution >= 0.6 is 0 Å². The number of hydrogen-bond donors (Lipinski definition) is 0. The maximum atomic E-state index is 13.6. The van der Waals surface area contributed by atoms with Crippen LogP contribution in [0.1, 0.15) is 0 Å². The van der Waals surface area contributed by atoms with Crippen LogP contribution in [0.3, 0.4) is 0 Å². The van der Waals surface area contributed by atoms with Gasteiger partial charge in [0.15, 0.2) is 0 Å². The highest BCUT2D eigenvalue weighted by molar-refractivity contribution is 5.23. The van der Waals surface area contributed by atoms with Crippen molar-refractivity contribution in [1.82, 2.24) is 9.80 Å². The summed E-state index contributed by atoms with van der Waals surface area (Å²) in [6.45, 7) is 0. The van der Waals surface area contributed by atoms with E-state index >= 15 is 0 Å². The summed E-state index contributed by atoms with van der Waals surface area (Å²) < 4.78 is 237. The summed E-state index contributed by atoms with van der Waals surface area (Å²) in [5.41, 5.74) is 0. The molecule has 0 aromatic heterocycles. The SMILES string of the molecule is F/C(=C(/F)N1C(F)(F)C(F)(F)C(F)(F)C1(F)F)N1C(F)(F)C(F)(F)C(F)(F)C1(F)F. The summed E-state index contributed by atoms with van der Waals surface area (Å²) in [6, 6.07) is -29.1. The van der Waals surface area contributed by atoms with Crippen molar-refractivity contribution in [2.45, 2.75) is 47.9 Å². The van der Waals surface area contributed by atoms with Crippen molar-refractivity contribution in [1.29, 1.82) is 0 Å². The Bertz CT molecular complexity index is 664. The Labute approximate surface area is 150 Å². The summed E-state index contributed by atoms with van der Waals surface area (Å²) in [7, 11) is 0. The van der Waals surface area contributed by atoms with E-state index in [1.807, 2.05) is 0 Å². The largest absolute Gasteiger partial charge is 0.401 e. The number of rotatable bonds is 2. The number of halogens is 18. The van der Waals surface area contributed by atoms with Crippen LogP contribution in [0.25, 0.3) is 0 Å². The lowest BCUT2D eigenvalue weighted by atomic mass is 10.2. The fourth-order valence-corrected chi connectivity index (χ4v) is 2.35. The number of alkyl halides is 16. The minimum atomic E-state index is -7.33. The van der Waals surface area contributed by atoms with Crippen LogP contribution in [-0.4, -0.2) is 57.7 Å². The number of nitrogens with zero attached hydrogens (tertiary/aromatic N) is 2. The molecule has 2 aliphatic heterocycles. The quantitative estimate of drug-likeness (QED) is 0.368. The van der Waals surface area contributed by atoms with Crippen LogP contribution in [0, 0.1) is 0 Å². The van der Waals surface area contributed by atoms with Crippen molar-refractivity contribution < 1.29 is 79.0 Å². The second-order valence-corrected chi connectivity index (χ2v) is 5.71. The van der Waals surface area contributed by atoms with Gasteiger partial charge in [-0.25, -0.2) is 9.80 Å². The summed E-state index contributed by atoms with van der Waals surface area (Å²) in [6.07, 6.45) is 0. The molecule has 2 nitrogen and oxygen atoms in total.